The first-order valence-corrected chi connectivity index (χ1v) is 26.6. The quantitative estimate of drug-likeness (QED) is 0.128. The van der Waals surface area contributed by atoms with Gasteiger partial charge in [-0.05, 0) is 106 Å². The number of nitriles is 1. The van der Waals surface area contributed by atoms with Gasteiger partial charge in [-0.3, -0.25) is 24.2 Å². The Kier molecular flexibility index (Phi) is 14.1. The van der Waals surface area contributed by atoms with Gasteiger partial charge in [0.25, 0.3) is 11.5 Å². The van der Waals surface area contributed by atoms with E-state index in [-0.39, 0.29) is 71.8 Å². The first-order chi connectivity index (χ1) is 37.3. The number of esters is 1. The van der Waals surface area contributed by atoms with Crippen molar-refractivity contribution in [2.75, 3.05) is 56.1 Å². The lowest BCUT2D eigenvalue weighted by atomic mass is 9.86. The van der Waals surface area contributed by atoms with Crippen LogP contribution in [0.1, 0.15) is 90.2 Å². The Balaban J connectivity index is 0.716. The predicted molar refractivity (Wildman–Crippen MR) is 285 cm³/mol. The Bertz CT molecular complexity index is 3400. The lowest BCUT2D eigenvalue weighted by Gasteiger charge is -2.39. The summed E-state index contributed by atoms with van der Waals surface area (Å²) in [6.45, 7) is 5.44. The second-order valence-corrected chi connectivity index (χ2v) is 20.8. The molecule has 6 aromatic rings. The minimum atomic E-state index is -1.95. The van der Waals surface area contributed by atoms with Crippen molar-refractivity contribution in [2.24, 2.45) is 5.92 Å². The fourth-order valence-electron chi connectivity index (χ4n) is 11.3. The molecule has 1 aliphatic carbocycles. The van der Waals surface area contributed by atoms with Crippen LogP contribution in [-0.4, -0.2) is 117 Å². The molecule has 3 fully saturated rings. The van der Waals surface area contributed by atoms with Gasteiger partial charge in [0.1, 0.15) is 24.2 Å². The van der Waals surface area contributed by atoms with Crippen LogP contribution in [0.4, 0.5) is 16.3 Å². The smallest absolute Gasteiger partial charge is 0.419 e. The number of aromatic nitrogens is 4. The van der Waals surface area contributed by atoms with E-state index in [2.05, 4.69) is 31.4 Å². The first kappa shape index (κ1) is 51.2. The molecule has 0 unspecified atom stereocenters. The molecule has 396 valence electrons. The zero-order chi connectivity index (χ0) is 53.5. The lowest BCUT2D eigenvalue weighted by Crippen LogP contribution is -2.51. The second-order valence-electron chi connectivity index (χ2n) is 20.4. The molecule has 3 aromatic heterocycles. The number of anilines is 2. The van der Waals surface area contributed by atoms with E-state index >= 15 is 0 Å². The highest BCUT2D eigenvalue weighted by molar-refractivity contribution is 6.31. The number of carbonyl (C=O) groups is 4. The molecule has 20 heteroatoms. The van der Waals surface area contributed by atoms with Crippen molar-refractivity contribution < 1.29 is 38.5 Å². The Morgan fingerprint density at radius 1 is 0.922 bits per heavy atom. The van der Waals surface area contributed by atoms with Crippen molar-refractivity contribution in [3.8, 4) is 29.0 Å². The molecule has 1 atom stereocenters. The number of benzene rings is 3. The summed E-state index contributed by atoms with van der Waals surface area (Å²) in [5.41, 5.74) is 2.63. The second kappa shape index (κ2) is 21.2. The number of cyclic esters (lactones) is 1. The van der Waals surface area contributed by atoms with E-state index in [1.54, 1.807) is 61.0 Å². The van der Waals surface area contributed by atoms with E-state index in [1.807, 2.05) is 47.4 Å². The number of ether oxygens (including phenoxy) is 3. The number of halogens is 1. The zero-order valence-electron chi connectivity index (χ0n) is 42.7. The summed E-state index contributed by atoms with van der Waals surface area (Å²) in [5, 5.41) is 33.4. The molecule has 2 saturated heterocycles. The van der Waals surface area contributed by atoms with E-state index in [4.69, 9.17) is 36.1 Å². The topological polar surface area (TPSA) is 226 Å². The van der Waals surface area contributed by atoms with Gasteiger partial charge >= 0.3 is 12.1 Å². The Labute approximate surface area is 448 Å². The number of carbonyl (C=O) groups excluding carboxylic acids is 4. The Hall–Kier alpha value is -7.92. The number of amides is 3. The molecule has 19 nitrogen and oxygen atoms in total. The van der Waals surface area contributed by atoms with Crippen LogP contribution < -0.4 is 30.1 Å². The van der Waals surface area contributed by atoms with Gasteiger partial charge in [0.05, 0.1) is 45.7 Å². The number of piperazine rings is 1. The molecule has 7 heterocycles. The fourth-order valence-corrected chi connectivity index (χ4v) is 11.5. The number of aliphatic hydroxyl groups is 1. The molecule has 0 radical (unpaired) electrons. The van der Waals surface area contributed by atoms with Crippen LogP contribution in [0.3, 0.4) is 0 Å². The summed E-state index contributed by atoms with van der Waals surface area (Å²) >= 11 is 6.18. The molecule has 11 rings (SSSR count). The molecule has 77 heavy (non-hydrogen) atoms. The van der Waals surface area contributed by atoms with Gasteiger partial charge in [0, 0.05) is 98.7 Å². The Morgan fingerprint density at radius 2 is 1.69 bits per heavy atom. The molecule has 2 N–H and O–H groups in total. The van der Waals surface area contributed by atoms with Crippen LogP contribution in [0.25, 0.3) is 22.3 Å². The average Bonchev–Trinajstić information content (AvgIpc) is 4.04. The summed E-state index contributed by atoms with van der Waals surface area (Å²) in [6.07, 6.45) is 3.74. The van der Waals surface area contributed by atoms with Gasteiger partial charge in [-0.25, -0.2) is 14.6 Å². The summed E-state index contributed by atoms with van der Waals surface area (Å²) < 4.78 is 19.1. The lowest BCUT2D eigenvalue weighted by molar-refractivity contribution is -0.172. The van der Waals surface area contributed by atoms with Crippen LogP contribution in [0.15, 0.2) is 89.7 Å². The van der Waals surface area contributed by atoms with Gasteiger partial charge in [0.2, 0.25) is 5.91 Å². The molecule has 5 aliphatic rings. The number of pyridine rings is 2. The minimum Gasteiger partial charge on any atom is -0.490 e. The van der Waals surface area contributed by atoms with Crippen LogP contribution in [0.2, 0.25) is 5.02 Å². The number of hydrogen-bond acceptors (Lipinski definition) is 15. The predicted octanol–water partition coefficient (Wildman–Crippen LogP) is 6.71. The van der Waals surface area contributed by atoms with E-state index < -0.39 is 17.7 Å². The number of rotatable bonds is 11. The zero-order valence-corrected chi connectivity index (χ0v) is 43.5. The minimum absolute atomic E-state index is 0.0167. The molecule has 0 spiro atoms. The molecule has 3 amide bonds. The van der Waals surface area contributed by atoms with Crippen molar-refractivity contribution in [2.45, 2.75) is 89.3 Å². The molecule has 3 aromatic carbocycles. The van der Waals surface area contributed by atoms with Gasteiger partial charge in [0.15, 0.2) is 17.1 Å². The molecule has 4 aliphatic heterocycles. The van der Waals surface area contributed by atoms with E-state index in [9.17, 15) is 29.1 Å². The summed E-state index contributed by atoms with van der Waals surface area (Å²) in [7, 11) is 1.65. The van der Waals surface area contributed by atoms with Crippen molar-refractivity contribution in [1.29, 1.82) is 5.26 Å². The van der Waals surface area contributed by atoms with Gasteiger partial charge in [-0.2, -0.15) is 5.26 Å². The molecular formula is C57H57ClN10O9. The third-order valence-corrected chi connectivity index (χ3v) is 16.2. The summed E-state index contributed by atoms with van der Waals surface area (Å²) in [5.74, 6) is 0.537. The number of nitrogens with zero attached hydrogens (tertiary/aromatic N) is 9. The highest BCUT2D eigenvalue weighted by atomic mass is 35.5. The van der Waals surface area contributed by atoms with Crippen molar-refractivity contribution >= 4 is 57.9 Å². The fraction of sp³-hybridized carbons (Fsp3) is 0.386. The van der Waals surface area contributed by atoms with E-state index in [0.717, 1.165) is 42.2 Å². The molecule has 1 saturated carbocycles. The number of piperidine rings is 1. The highest BCUT2D eigenvalue weighted by Crippen LogP contribution is 2.41. The van der Waals surface area contributed by atoms with Crippen molar-refractivity contribution in [3.05, 3.63) is 134 Å². The maximum absolute atomic E-state index is 14.1. The highest BCUT2D eigenvalue weighted by Gasteiger charge is 2.45. The van der Waals surface area contributed by atoms with Crippen LogP contribution in [0, 0.1) is 17.2 Å². The largest absolute Gasteiger partial charge is 0.490 e. The maximum atomic E-state index is 14.1. The SMILES string of the molecule is CC[C@@]1(O)C(=O)OCc2c1cc1n(c2=O)Cc2cc3c(CN4CCN(C(=O)C5CCN(c6ccc(C(=O)NC7CCC(Oc8ccc(C#N)c(Cl)c8)CC7)nn6)CC5)CC4)c(OC(=O)N(C)c4ccccc4)ccc3nc2-1. The summed E-state index contributed by atoms with van der Waals surface area (Å²) in [4.78, 5) is 80.5. The average molecular weight is 1060 g/mol. The third-order valence-electron chi connectivity index (χ3n) is 15.9. The van der Waals surface area contributed by atoms with Crippen molar-refractivity contribution in [1.82, 2.24) is 34.9 Å². The number of nitrogens with one attached hydrogen (secondary N) is 1. The van der Waals surface area contributed by atoms with Gasteiger partial charge < -0.3 is 39.0 Å². The summed E-state index contributed by atoms with van der Waals surface area (Å²) in [6, 6.07) is 27.0. The molecule has 0 bridgehead atoms. The van der Waals surface area contributed by atoms with Crippen LogP contribution >= 0.6 is 11.6 Å². The van der Waals surface area contributed by atoms with Gasteiger partial charge in [-0.15, -0.1) is 10.2 Å². The standard InChI is InChI=1S/C57H57ClN10O9/c1-3-57(74)44-29-48-51-36(31-68(48)54(71)43(44)33-75-55(57)72)27-41-42(49(17-15-46(41)61-51)77-56(73)64(2)38-7-5-4-6-8-38)32-65-23-25-67(26-24-65)53(70)34-19-21-66(22-20-34)50-18-16-47(62-63-50)52(69)60-37-10-13-39(14-11-37)76-40-12-9-35(30-59)45(58)28-40/h4-9,12,15-18,27-29,34,37,39,74H,3,10-11,13-14,19-26,31-33H2,1-2H3,(H,60,69)/t37?,39?,57-/m0/s1. The first-order valence-electron chi connectivity index (χ1n) is 26.2. The normalized spacial score (nSPS) is 20.3. The van der Waals surface area contributed by atoms with Gasteiger partial charge in [-0.1, -0.05) is 36.7 Å². The van der Waals surface area contributed by atoms with Crippen LogP contribution in [0.5, 0.6) is 11.5 Å². The Morgan fingerprint density at radius 3 is 2.39 bits per heavy atom. The van der Waals surface area contributed by atoms with Crippen LogP contribution in [-0.2, 0) is 39.6 Å². The monoisotopic (exact) mass is 1060 g/mol. The third kappa shape index (κ3) is 10.0. The number of fused-ring (bicyclic) bond motifs is 5. The maximum Gasteiger partial charge on any atom is 0.419 e. The number of para-hydroxylation sites is 1. The number of hydrogen-bond donors (Lipinski definition) is 2. The van der Waals surface area contributed by atoms with E-state index in [1.165, 1.54) is 4.90 Å². The van der Waals surface area contributed by atoms with E-state index in [0.29, 0.717) is 109 Å². The molecular weight excluding hydrogens is 1000 g/mol. The van der Waals surface area contributed by atoms with Crippen molar-refractivity contribution in [3.63, 3.8) is 0 Å².